The van der Waals surface area contributed by atoms with Gasteiger partial charge in [0.2, 0.25) is 0 Å². The fraction of sp³-hybridized carbons (Fsp3) is 0.789. The highest BCUT2D eigenvalue weighted by Gasteiger charge is 2.08. The largest absolute Gasteiger partial charge is 0.356 e. The molecule has 1 aromatic rings. The van der Waals surface area contributed by atoms with E-state index in [-0.39, 0.29) is 24.0 Å². The van der Waals surface area contributed by atoms with Crippen molar-refractivity contribution in [3.8, 4) is 0 Å². The summed E-state index contributed by atoms with van der Waals surface area (Å²) in [6, 6.07) is 0. The Morgan fingerprint density at radius 2 is 1.60 bits per heavy atom. The monoisotopic (exact) mass is 463 g/mol. The summed E-state index contributed by atoms with van der Waals surface area (Å²) in [4.78, 5) is 4.30. The molecular weight excluding hydrogens is 425 g/mol. The van der Waals surface area contributed by atoms with E-state index in [4.69, 9.17) is 0 Å². The second-order valence-corrected chi connectivity index (χ2v) is 6.57. The molecule has 0 amide bonds. The minimum absolute atomic E-state index is 0. The van der Waals surface area contributed by atoms with Gasteiger partial charge in [0.15, 0.2) is 5.96 Å². The molecule has 0 aliphatic carbocycles. The molecule has 146 valence electrons. The SMILES string of the molecule is CCCCCCCCCNC(=NC)NCCc1c(C)nn(C)c1C.I. The number of hydrogen-bond acceptors (Lipinski definition) is 2. The Bertz CT molecular complexity index is 496. The lowest BCUT2D eigenvalue weighted by molar-refractivity contribution is 0.583. The van der Waals surface area contributed by atoms with Crippen LogP contribution in [0.15, 0.2) is 4.99 Å². The fourth-order valence-corrected chi connectivity index (χ4v) is 2.99. The number of guanidine groups is 1. The predicted octanol–water partition coefficient (Wildman–Crippen LogP) is 4.11. The number of unbranched alkanes of at least 4 members (excludes halogenated alkanes) is 6. The lowest BCUT2D eigenvalue weighted by atomic mass is 10.1. The zero-order chi connectivity index (χ0) is 17.8. The molecule has 1 heterocycles. The summed E-state index contributed by atoms with van der Waals surface area (Å²) < 4.78 is 1.96. The van der Waals surface area contributed by atoms with Gasteiger partial charge >= 0.3 is 0 Å². The van der Waals surface area contributed by atoms with E-state index in [1.54, 1.807) is 0 Å². The highest BCUT2D eigenvalue weighted by Crippen LogP contribution is 2.11. The molecule has 6 heteroatoms. The van der Waals surface area contributed by atoms with E-state index in [2.05, 4.69) is 41.5 Å². The summed E-state index contributed by atoms with van der Waals surface area (Å²) in [5, 5.41) is 11.3. The van der Waals surface area contributed by atoms with Gasteiger partial charge in [-0.3, -0.25) is 9.67 Å². The maximum absolute atomic E-state index is 4.47. The molecule has 0 bridgehead atoms. The van der Waals surface area contributed by atoms with Crippen molar-refractivity contribution in [1.29, 1.82) is 0 Å². The van der Waals surface area contributed by atoms with Crippen LogP contribution < -0.4 is 10.6 Å². The zero-order valence-electron chi connectivity index (χ0n) is 16.8. The molecule has 2 N–H and O–H groups in total. The lowest BCUT2D eigenvalue weighted by Crippen LogP contribution is -2.38. The maximum atomic E-state index is 4.47. The van der Waals surface area contributed by atoms with E-state index in [1.165, 1.54) is 56.2 Å². The van der Waals surface area contributed by atoms with Crippen molar-refractivity contribution in [2.75, 3.05) is 20.1 Å². The van der Waals surface area contributed by atoms with Crippen LogP contribution in [-0.2, 0) is 13.5 Å². The average molecular weight is 463 g/mol. The van der Waals surface area contributed by atoms with Crippen molar-refractivity contribution < 1.29 is 0 Å². The van der Waals surface area contributed by atoms with Crippen molar-refractivity contribution in [2.45, 2.75) is 72.1 Å². The van der Waals surface area contributed by atoms with E-state index >= 15 is 0 Å². The normalized spacial score (nSPS) is 11.3. The summed E-state index contributed by atoms with van der Waals surface area (Å²) in [7, 11) is 3.84. The maximum Gasteiger partial charge on any atom is 0.190 e. The van der Waals surface area contributed by atoms with Crippen LogP contribution in [0, 0.1) is 13.8 Å². The van der Waals surface area contributed by atoms with Crippen LogP contribution >= 0.6 is 24.0 Å². The molecule has 0 saturated heterocycles. The third kappa shape index (κ3) is 9.47. The van der Waals surface area contributed by atoms with Crippen LogP contribution in [0.3, 0.4) is 0 Å². The van der Waals surface area contributed by atoms with E-state index in [0.29, 0.717) is 0 Å². The Hall–Kier alpha value is -0.790. The first-order chi connectivity index (χ1) is 11.6. The van der Waals surface area contributed by atoms with Crippen LogP contribution in [0.25, 0.3) is 0 Å². The third-order valence-corrected chi connectivity index (χ3v) is 4.62. The standard InChI is InChI=1S/C19H37N5.HI/c1-6-7-8-9-10-11-12-14-21-19(20-4)22-15-13-18-16(2)23-24(5)17(18)3;/h6-15H2,1-5H3,(H2,20,21,22);1H. The van der Waals surface area contributed by atoms with Crippen LogP contribution in [0.4, 0.5) is 0 Å². The number of nitrogens with zero attached hydrogens (tertiary/aromatic N) is 3. The molecule has 0 saturated carbocycles. The molecule has 5 nitrogen and oxygen atoms in total. The van der Waals surface area contributed by atoms with Gasteiger partial charge in [-0.15, -0.1) is 24.0 Å². The Morgan fingerprint density at radius 1 is 1.00 bits per heavy atom. The van der Waals surface area contributed by atoms with Crippen molar-refractivity contribution in [3.05, 3.63) is 17.0 Å². The molecule has 0 aliphatic heterocycles. The Morgan fingerprint density at radius 3 is 2.16 bits per heavy atom. The molecule has 0 atom stereocenters. The highest BCUT2D eigenvalue weighted by atomic mass is 127. The number of aromatic nitrogens is 2. The fourth-order valence-electron chi connectivity index (χ4n) is 2.99. The number of hydrogen-bond donors (Lipinski definition) is 2. The number of halogens is 1. The Balaban J connectivity index is 0.00000576. The summed E-state index contributed by atoms with van der Waals surface area (Å²) >= 11 is 0. The van der Waals surface area contributed by atoms with Gasteiger partial charge in [-0.2, -0.15) is 5.10 Å². The first-order valence-electron chi connectivity index (χ1n) is 9.53. The second-order valence-electron chi connectivity index (χ2n) is 6.57. The molecular formula is C19H38IN5. The minimum atomic E-state index is 0. The van der Waals surface area contributed by atoms with Gasteiger partial charge in [0, 0.05) is 32.9 Å². The van der Waals surface area contributed by atoms with Crippen LogP contribution in [-0.4, -0.2) is 35.9 Å². The van der Waals surface area contributed by atoms with E-state index in [9.17, 15) is 0 Å². The van der Waals surface area contributed by atoms with Crippen LogP contribution in [0.1, 0.15) is 68.8 Å². The number of aliphatic imine (C=N–C) groups is 1. The summed E-state index contributed by atoms with van der Waals surface area (Å²) in [5.41, 5.74) is 3.72. The van der Waals surface area contributed by atoms with Crippen molar-refractivity contribution in [2.24, 2.45) is 12.0 Å². The van der Waals surface area contributed by atoms with Crippen molar-refractivity contribution in [1.82, 2.24) is 20.4 Å². The first kappa shape index (κ1) is 24.2. The summed E-state index contributed by atoms with van der Waals surface area (Å²) in [6.07, 6.45) is 10.3. The highest BCUT2D eigenvalue weighted by molar-refractivity contribution is 14.0. The Labute approximate surface area is 171 Å². The summed E-state index contributed by atoms with van der Waals surface area (Å²) in [5.74, 6) is 0.903. The summed E-state index contributed by atoms with van der Waals surface area (Å²) in [6.45, 7) is 8.35. The van der Waals surface area contributed by atoms with Gasteiger partial charge in [0.25, 0.3) is 0 Å². The molecule has 1 rings (SSSR count). The van der Waals surface area contributed by atoms with E-state index < -0.39 is 0 Å². The second kappa shape index (κ2) is 14.4. The van der Waals surface area contributed by atoms with Gasteiger partial charge in [0.05, 0.1) is 5.69 Å². The smallest absolute Gasteiger partial charge is 0.190 e. The Kier molecular flexibility index (Phi) is 13.9. The average Bonchev–Trinajstić information content (AvgIpc) is 2.81. The van der Waals surface area contributed by atoms with Gasteiger partial charge in [0.1, 0.15) is 0 Å². The molecule has 0 aliphatic rings. The van der Waals surface area contributed by atoms with Crippen LogP contribution in [0.5, 0.6) is 0 Å². The molecule has 0 aromatic carbocycles. The first-order valence-corrected chi connectivity index (χ1v) is 9.53. The van der Waals surface area contributed by atoms with Gasteiger partial charge in [-0.25, -0.2) is 0 Å². The molecule has 0 fully saturated rings. The quantitative estimate of drug-likeness (QED) is 0.225. The van der Waals surface area contributed by atoms with E-state index in [1.807, 2.05) is 18.8 Å². The van der Waals surface area contributed by atoms with Crippen molar-refractivity contribution >= 4 is 29.9 Å². The topological polar surface area (TPSA) is 54.2 Å². The number of aryl methyl sites for hydroxylation is 2. The van der Waals surface area contributed by atoms with Crippen LogP contribution in [0.2, 0.25) is 0 Å². The number of rotatable bonds is 11. The molecule has 0 radical (unpaired) electrons. The predicted molar refractivity (Wildman–Crippen MR) is 119 cm³/mol. The lowest BCUT2D eigenvalue weighted by Gasteiger charge is -2.12. The molecule has 0 spiro atoms. The van der Waals surface area contributed by atoms with Gasteiger partial charge < -0.3 is 10.6 Å². The number of nitrogens with one attached hydrogen (secondary N) is 2. The third-order valence-electron chi connectivity index (χ3n) is 4.62. The van der Waals surface area contributed by atoms with Gasteiger partial charge in [-0.05, 0) is 32.3 Å². The van der Waals surface area contributed by atoms with E-state index in [0.717, 1.165) is 31.2 Å². The molecule has 1 aromatic heterocycles. The molecule has 25 heavy (non-hydrogen) atoms. The van der Waals surface area contributed by atoms with Gasteiger partial charge in [-0.1, -0.05) is 45.4 Å². The molecule has 0 unspecified atom stereocenters. The van der Waals surface area contributed by atoms with Crippen molar-refractivity contribution in [3.63, 3.8) is 0 Å². The zero-order valence-corrected chi connectivity index (χ0v) is 19.2. The minimum Gasteiger partial charge on any atom is -0.356 e.